The minimum absolute atomic E-state index is 0.137. The maximum Gasteiger partial charge on any atom is 0.461 e. The normalized spacial score (nSPS) is 14.7. The molecule has 10 heteroatoms. The van der Waals surface area contributed by atoms with Crippen LogP contribution < -0.4 is 0 Å². The van der Waals surface area contributed by atoms with Crippen LogP contribution in [0.2, 0.25) is 0 Å². The largest absolute Gasteiger partial charge is 0.461 e. The van der Waals surface area contributed by atoms with Crippen molar-refractivity contribution in [2.45, 2.75) is 18.3 Å². The highest BCUT2D eigenvalue weighted by Gasteiger charge is 2.66. The van der Waals surface area contributed by atoms with Crippen LogP contribution in [0.4, 0.5) is 35.1 Å². The molecule has 0 fully saturated rings. The molecule has 0 aliphatic rings. The number of hydrogen-bond acceptors (Lipinski definition) is 2. The average Bonchev–Trinajstić information content (AvgIpc) is 2.09. The lowest BCUT2D eigenvalue weighted by molar-refractivity contribution is -0.268. The molecule has 0 atom stereocenters. The summed E-state index contributed by atoms with van der Waals surface area (Å²) in [6, 6.07) is 0. The molecule has 0 rings (SSSR count). The van der Waals surface area contributed by atoms with E-state index >= 15 is 0 Å². The topological polar surface area (TPSA) is 20.3 Å². The van der Waals surface area contributed by atoms with Crippen molar-refractivity contribution in [3.8, 4) is 0 Å². The van der Waals surface area contributed by atoms with Crippen LogP contribution in [0.3, 0.4) is 0 Å². The molecule has 0 aliphatic heterocycles. The monoisotopic (exact) mass is 285 g/mol. The molecule has 0 bridgehead atoms. The summed E-state index contributed by atoms with van der Waals surface area (Å²) >= 11 is 0. The van der Waals surface area contributed by atoms with Gasteiger partial charge in [0, 0.05) is 20.3 Å². The highest BCUT2D eigenvalue weighted by atomic mass is 19.4. The second kappa shape index (κ2) is 4.73. The number of allylic oxidation sites excluding steroid dienone is 1. The summed E-state index contributed by atoms with van der Waals surface area (Å²) in [5.74, 6) is -9.43. The number of hydrogen-bond donors (Lipinski definition) is 0. The Hall–Kier alpha value is -1.35. The van der Waals surface area contributed by atoms with Crippen molar-refractivity contribution in [1.29, 1.82) is 0 Å². The average molecular weight is 285 g/mol. The molecule has 0 unspecified atom stereocenters. The molecular formula is C8H7F8NO. The maximum absolute atomic E-state index is 12.5. The molecule has 0 amide bonds. The first-order chi connectivity index (χ1) is 7.71. The van der Waals surface area contributed by atoms with E-state index in [1.165, 1.54) is 0 Å². The van der Waals surface area contributed by atoms with E-state index in [9.17, 15) is 39.9 Å². The van der Waals surface area contributed by atoms with Gasteiger partial charge in [-0.3, -0.25) is 4.79 Å². The van der Waals surface area contributed by atoms with Crippen molar-refractivity contribution >= 4 is 5.78 Å². The van der Waals surface area contributed by atoms with Gasteiger partial charge >= 0.3 is 18.3 Å². The van der Waals surface area contributed by atoms with E-state index in [0.717, 1.165) is 14.1 Å². The van der Waals surface area contributed by atoms with E-state index in [-0.39, 0.29) is 6.20 Å². The number of nitrogens with zero attached hydrogens (tertiary/aromatic N) is 1. The van der Waals surface area contributed by atoms with E-state index in [1.807, 2.05) is 0 Å². The van der Waals surface area contributed by atoms with E-state index in [2.05, 4.69) is 0 Å². The van der Waals surface area contributed by atoms with Gasteiger partial charge in [0.1, 0.15) is 5.57 Å². The third-order valence-corrected chi connectivity index (χ3v) is 1.58. The smallest absolute Gasteiger partial charge is 0.383 e. The number of rotatable bonds is 3. The van der Waals surface area contributed by atoms with Crippen LogP contribution in [0.1, 0.15) is 0 Å². The van der Waals surface area contributed by atoms with Gasteiger partial charge in [-0.2, -0.15) is 35.1 Å². The summed E-state index contributed by atoms with van der Waals surface area (Å²) in [5.41, 5.74) is -2.57. The number of alkyl halides is 8. The van der Waals surface area contributed by atoms with Gasteiger partial charge in [0.25, 0.3) is 0 Å². The SMILES string of the molecule is CN(C)/C=C(/C(=O)C(F)(F)C(F)(F)F)C(F)(F)F. The molecule has 0 aromatic rings. The highest BCUT2D eigenvalue weighted by Crippen LogP contribution is 2.41. The highest BCUT2D eigenvalue weighted by molar-refractivity contribution is 6.02. The van der Waals surface area contributed by atoms with Gasteiger partial charge in [-0.05, 0) is 0 Å². The summed E-state index contributed by atoms with van der Waals surface area (Å²) in [6.45, 7) is 0. The Balaban J connectivity index is 5.65. The zero-order valence-electron chi connectivity index (χ0n) is 8.96. The molecule has 0 aliphatic carbocycles. The number of carbonyl (C=O) groups is 1. The van der Waals surface area contributed by atoms with Crippen molar-refractivity contribution in [2.24, 2.45) is 0 Å². The molecule has 0 saturated heterocycles. The summed E-state index contributed by atoms with van der Waals surface area (Å²) in [4.78, 5) is 11.2. The van der Waals surface area contributed by atoms with Crippen molar-refractivity contribution in [3.63, 3.8) is 0 Å². The lowest BCUT2D eigenvalue weighted by Gasteiger charge is -2.21. The van der Waals surface area contributed by atoms with Crippen molar-refractivity contribution in [3.05, 3.63) is 11.8 Å². The molecule has 0 N–H and O–H groups in total. The van der Waals surface area contributed by atoms with Gasteiger partial charge in [0.2, 0.25) is 5.78 Å². The molecule has 2 nitrogen and oxygen atoms in total. The van der Waals surface area contributed by atoms with Crippen molar-refractivity contribution in [2.75, 3.05) is 14.1 Å². The predicted molar refractivity (Wildman–Crippen MR) is 43.8 cm³/mol. The van der Waals surface area contributed by atoms with Gasteiger partial charge in [0.15, 0.2) is 0 Å². The standard InChI is InChI=1S/C8H7F8NO/c1-17(2)3-4(7(11,12)13)5(18)6(9,10)8(14,15)16/h3H,1-2H3/b4-3-. The molecule has 0 aromatic heterocycles. The van der Waals surface area contributed by atoms with Gasteiger partial charge in [-0.15, -0.1) is 0 Å². The van der Waals surface area contributed by atoms with Gasteiger partial charge in [0.05, 0.1) is 0 Å². The molecule has 18 heavy (non-hydrogen) atoms. The van der Waals surface area contributed by atoms with Crippen LogP contribution >= 0.6 is 0 Å². The predicted octanol–water partition coefficient (Wildman–Crippen LogP) is 2.76. The van der Waals surface area contributed by atoms with Crippen LogP contribution in [0, 0.1) is 0 Å². The number of ketones is 1. The van der Waals surface area contributed by atoms with E-state index < -0.39 is 29.6 Å². The van der Waals surface area contributed by atoms with Crippen LogP contribution in [0.15, 0.2) is 11.8 Å². The number of halogens is 8. The number of carbonyl (C=O) groups excluding carboxylic acids is 1. The van der Waals surface area contributed by atoms with E-state index in [1.54, 1.807) is 0 Å². The minimum Gasteiger partial charge on any atom is -0.383 e. The Kier molecular flexibility index (Phi) is 4.37. The van der Waals surface area contributed by atoms with Gasteiger partial charge in [-0.25, -0.2) is 0 Å². The van der Waals surface area contributed by atoms with Crippen molar-refractivity contribution < 1.29 is 39.9 Å². The van der Waals surface area contributed by atoms with E-state index in [0.29, 0.717) is 4.90 Å². The first-order valence-corrected chi connectivity index (χ1v) is 4.16. The quantitative estimate of drug-likeness (QED) is 0.587. The fourth-order valence-electron chi connectivity index (χ4n) is 0.817. The second-order valence-corrected chi connectivity index (χ2v) is 3.41. The minimum atomic E-state index is -6.39. The Morgan fingerprint density at radius 2 is 1.33 bits per heavy atom. The molecule has 0 saturated carbocycles. The Bertz CT molecular complexity index is 351. The molecule has 0 aromatic carbocycles. The molecule has 0 spiro atoms. The molecule has 0 heterocycles. The Morgan fingerprint density at radius 3 is 1.56 bits per heavy atom. The summed E-state index contributed by atoms with van der Waals surface area (Å²) in [7, 11) is 1.87. The van der Waals surface area contributed by atoms with Crippen LogP contribution in [0.5, 0.6) is 0 Å². The maximum atomic E-state index is 12.5. The second-order valence-electron chi connectivity index (χ2n) is 3.41. The summed E-state index contributed by atoms with van der Waals surface area (Å²) in [6.07, 6.45) is -12.1. The van der Waals surface area contributed by atoms with Crippen molar-refractivity contribution in [1.82, 2.24) is 4.90 Å². The number of Topliss-reactive ketones (excluding diaryl/α,β-unsaturated/α-hetero) is 1. The third kappa shape index (κ3) is 3.57. The van der Waals surface area contributed by atoms with Crippen LogP contribution in [-0.4, -0.2) is 43.1 Å². The molecule has 0 radical (unpaired) electrons. The van der Waals surface area contributed by atoms with Gasteiger partial charge in [-0.1, -0.05) is 0 Å². The van der Waals surface area contributed by atoms with Gasteiger partial charge < -0.3 is 4.90 Å². The van der Waals surface area contributed by atoms with E-state index in [4.69, 9.17) is 0 Å². The first-order valence-electron chi connectivity index (χ1n) is 4.16. The zero-order chi connectivity index (χ0) is 14.9. The third-order valence-electron chi connectivity index (χ3n) is 1.58. The lowest BCUT2D eigenvalue weighted by Crippen LogP contribution is -2.47. The first kappa shape index (κ1) is 16.6. The fourth-order valence-corrected chi connectivity index (χ4v) is 0.817. The Labute approximate surface area is 95.8 Å². The zero-order valence-corrected chi connectivity index (χ0v) is 8.96. The van der Waals surface area contributed by atoms with Crippen LogP contribution in [-0.2, 0) is 4.79 Å². The molecule has 106 valence electrons. The Morgan fingerprint density at radius 1 is 0.944 bits per heavy atom. The molecular weight excluding hydrogens is 278 g/mol. The van der Waals surface area contributed by atoms with Crippen LogP contribution in [0.25, 0.3) is 0 Å². The summed E-state index contributed by atoms with van der Waals surface area (Å²) in [5, 5.41) is 0. The lowest BCUT2D eigenvalue weighted by atomic mass is 10.1. The fraction of sp³-hybridized carbons (Fsp3) is 0.625. The summed E-state index contributed by atoms with van der Waals surface area (Å²) < 4.78 is 97.1.